The molecule has 2 rings (SSSR count). The molecule has 1 aliphatic heterocycles. The molecule has 1 heterocycles. The Hall–Kier alpha value is -2.08. The molecule has 0 saturated carbocycles. The van der Waals surface area contributed by atoms with Crippen molar-refractivity contribution in [1.29, 1.82) is 0 Å². The Kier molecular flexibility index (Phi) is 5.16. The first kappa shape index (κ1) is 15.3. The van der Waals surface area contributed by atoms with E-state index in [2.05, 4.69) is 5.32 Å². The minimum absolute atomic E-state index is 0.116. The number of carbonyl (C=O) groups excluding carboxylic acids is 1. The van der Waals surface area contributed by atoms with Crippen molar-refractivity contribution in [3.8, 4) is 5.75 Å². The molecule has 1 saturated heterocycles. The van der Waals surface area contributed by atoms with Crippen molar-refractivity contribution in [2.24, 2.45) is 0 Å². The lowest BCUT2D eigenvalue weighted by molar-refractivity contribution is -0.145. The van der Waals surface area contributed by atoms with E-state index in [0.29, 0.717) is 13.0 Å². The van der Waals surface area contributed by atoms with Crippen molar-refractivity contribution in [2.45, 2.75) is 37.8 Å². The lowest BCUT2D eigenvalue weighted by Gasteiger charge is -2.23. The van der Waals surface area contributed by atoms with Gasteiger partial charge in [-0.25, -0.2) is 4.79 Å². The number of amides is 1. The van der Waals surface area contributed by atoms with E-state index in [1.807, 2.05) is 0 Å². The van der Waals surface area contributed by atoms with Gasteiger partial charge in [-0.15, -0.1) is 0 Å². The van der Waals surface area contributed by atoms with Crippen LogP contribution in [0.1, 0.15) is 24.8 Å². The summed E-state index contributed by atoms with van der Waals surface area (Å²) in [6, 6.07) is 5.23. The van der Waals surface area contributed by atoms with Gasteiger partial charge in [-0.3, -0.25) is 4.79 Å². The average Bonchev–Trinajstić information content (AvgIpc) is 2.49. The van der Waals surface area contributed by atoms with Crippen LogP contribution in [0.25, 0.3) is 0 Å². The number of benzene rings is 1. The van der Waals surface area contributed by atoms with Gasteiger partial charge in [-0.2, -0.15) is 0 Å². The van der Waals surface area contributed by atoms with Gasteiger partial charge < -0.3 is 20.3 Å². The Balaban J connectivity index is 1.96. The maximum Gasteiger partial charge on any atom is 0.326 e. The third kappa shape index (κ3) is 4.46. The van der Waals surface area contributed by atoms with Crippen molar-refractivity contribution in [3.63, 3.8) is 0 Å². The first-order chi connectivity index (χ1) is 10.1. The van der Waals surface area contributed by atoms with Gasteiger partial charge in [0.05, 0.1) is 0 Å². The fourth-order valence-electron chi connectivity index (χ4n) is 2.28. The number of phenols is 1. The van der Waals surface area contributed by atoms with Gasteiger partial charge in [0, 0.05) is 13.0 Å². The third-order valence-corrected chi connectivity index (χ3v) is 3.46. The zero-order valence-electron chi connectivity index (χ0n) is 11.6. The number of rotatable bonds is 5. The maximum absolute atomic E-state index is 12.0. The van der Waals surface area contributed by atoms with Crippen LogP contribution in [0.5, 0.6) is 5.75 Å². The molecule has 0 radical (unpaired) electrons. The summed E-state index contributed by atoms with van der Waals surface area (Å²) in [5.41, 5.74) is 0.727. The lowest BCUT2D eigenvalue weighted by atomic mass is 10.0. The van der Waals surface area contributed by atoms with Crippen LogP contribution in [0.2, 0.25) is 0 Å². The Bertz CT molecular complexity index is 493. The van der Waals surface area contributed by atoms with Gasteiger partial charge in [-0.05, 0) is 37.0 Å². The topological polar surface area (TPSA) is 95.9 Å². The second kappa shape index (κ2) is 7.08. The molecule has 1 aromatic rings. The van der Waals surface area contributed by atoms with Gasteiger partial charge in [0.15, 0.2) is 0 Å². The third-order valence-electron chi connectivity index (χ3n) is 3.46. The molecule has 0 bridgehead atoms. The molecule has 2 atom stereocenters. The van der Waals surface area contributed by atoms with Crippen LogP contribution in [0, 0.1) is 0 Å². The molecule has 0 aliphatic carbocycles. The fourth-order valence-corrected chi connectivity index (χ4v) is 2.28. The normalized spacial score (nSPS) is 19.7. The predicted molar refractivity (Wildman–Crippen MR) is 75.0 cm³/mol. The lowest BCUT2D eigenvalue weighted by Crippen LogP contribution is -2.48. The highest BCUT2D eigenvalue weighted by molar-refractivity contribution is 5.86. The molecule has 0 spiro atoms. The molecular formula is C15H19NO5. The summed E-state index contributed by atoms with van der Waals surface area (Å²) in [7, 11) is 0. The number of ether oxygens (including phenoxy) is 1. The second-order valence-corrected chi connectivity index (χ2v) is 5.13. The van der Waals surface area contributed by atoms with Crippen molar-refractivity contribution in [2.75, 3.05) is 6.61 Å². The van der Waals surface area contributed by atoms with Gasteiger partial charge in [0.25, 0.3) is 0 Å². The summed E-state index contributed by atoms with van der Waals surface area (Å²) >= 11 is 0. The smallest absolute Gasteiger partial charge is 0.326 e. The van der Waals surface area contributed by atoms with Crippen LogP contribution in [0.15, 0.2) is 24.3 Å². The summed E-state index contributed by atoms with van der Waals surface area (Å²) in [6.07, 6.45) is 2.07. The van der Waals surface area contributed by atoms with Crippen molar-refractivity contribution < 1.29 is 24.5 Å². The van der Waals surface area contributed by atoms with E-state index < -0.39 is 18.1 Å². The van der Waals surface area contributed by atoms with E-state index in [1.54, 1.807) is 12.1 Å². The Morgan fingerprint density at radius 3 is 2.57 bits per heavy atom. The maximum atomic E-state index is 12.0. The minimum atomic E-state index is -1.09. The summed E-state index contributed by atoms with van der Waals surface area (Å²) < 4.78 is 5.35. The number of hydrogen-bond donors (Lipinski definition) is 3. The van der Waals surface area contributed by atoms with Crippen molar-refractivity contribution >= 4 is 11.9 Å². The van der Waals surface area contributed by atoms with Crippen LogP contribution in [0.4, 0.5) is 0 Å². The number of carboxylic acid groups (broad SMARTS) is 1. The van der Waals surface area contributed by atoms with E-state index in [4.69, 9.17) is 4.74 Å². The zero-order valence-corrected chi connectivity index (χ0v) is 11.6. The number of carbonyl (C=O) groups is 2. The summed E-state index contributed by atoms with van der Waals surface area (Å²) in [6.45, 7) is 0.536. The van der Waals surface area contributed by atoms with E-state index >= 15 is 0 Å². The zero-order chi connectivity index (χ0) is 15.2. The van der Waals surface area contributed by atoms with E-state index in [9.17, 15) is 19.8 Å². The quantitative estimate of drug-likeness (QED) is 0.755. The molecule has 6 heteroatoms. The van der Waals surface area contributed by atoms with Crippen LogP contribution < -0.4 is 5.32 Å². The molecule has 1 amide bonds. The summed E-state index contributed by atoms with van der Waals surface area (Å²) in [4.78, 5) is 23.3. The number of nitrogens with one attached hydrogen (secondary N) is 1. The van der Waals surface area contributed by atoms with Crippen molar-refractivity contribution in [3.05, 3.63) is 29.8 Å². The average molecular weight is 293 g/mol. The van der Waals surface area contributed by atoms with E-state index in [1.165, 1.54) is 12.1 Å². The SMILES string of the molecule is O=C(N[C@@H](Cc1ccc(O)cc1)C(=O)O)C1CCCCO1. The van der Waals surface area contributed by atoms with Crippen LogP contribution in [0.3, 0.4) is 0 Å². The molecule has 1 fully saturated rings. The molecular weight excluding hydrogens is 274 g/mol. The number of aliphatic carboxylic acids is 1. The number of phenolic OH excluding ortho intramolecular Hbond substituents is 1. The summed E-state index contributed by atoms with van der Waals surface area (Å²) in [5.74, 6) is -1.35. The molecule has 3 N–H and O–H groups in total. The molecule has 6 nitrogen and oxygen atoms in total. The number of hydrogen-bond acceptors (Lipinski definition) is 4. The predicted octanol–water partition coefficient (Wildman–Crippen LogP) is 1.07. The van der Waals surface area contributed by atoms with Crippen LogP contribution in [-0.4, -0.2) is 40.8 Å². The standard InChI is InChI=1S/C15H19NO5/c17-11-6-4-10(5-7-11)9-12(15(19)20)16-14(18)13-3-1-2-8-21-13/h4-7,12-13,17H,1-3,8-9H2,(H,16,18)(H,19,20)/t12-,13?/m0/s1. The highest BCUT2D eigenvalue weighted by Gasteiger charge is 2.27. The minimum Gasteiger partial charge on any atom is -0.508 e. The first-order valence-electron chi connectivity index (χ1n) is 6.99. The second-order valence-electron chi connectivity index (χ2n) is 5.13. The number of carboxylic acids is 1. The Labute approximate surface area is 122 Å². The molecule has 114 valence electrons. The molecule has 21 heavy (non-hydrogen) atoms. The first-order valence-corrected chi connectivity index (χ1v) is 6.99. The molecule has 1 aliphatic rings. The highest BCUT2D eigenvalue weighted by Crippen LogP contribution is 2.14. The van der Waals surface area contributed by atoms with Crippen molar-refractivity contribution in [1.82, 2.24) is 5.32 Å². The fraction of sp³-hybridized carbons (Fsp3) is 0.467. The Morgan fingerprint density at radius 1 is 1.29 bits per heavy atom. The van der Waals surface area contributed by atoms with Gasteiger partial charge in [-0.1, -0.05) is 12.1 Å². The van der Waals surface area contributed by atoms with Gasteiger partial charge in [0.2, 0.25) is 5.91 Å². The van der Waals surface area contributed by atoms with Gasteiger partial charge >= 0.3 is 5.97 Å². The van der Waals surface area contributed by atoms with Crippen LogP contribution >= 0.6 is 0 Å². The van der Waals surface area contributed by atoms with E-state index in [-0.39, 0.29) is 18.1 Å². The van der Waals surface area contributed by atoms with Crippen LogP contribution in [-0.2, 0) is 20.7 Å². The number of aromatic hydroxyl groups is 1. The molecule has 1 unspecified atom stereocenters. The summed E-state index contributed by atoms with van der Waals surface area (Å²) in [5, 5.41) is 21.0. The van der Waals surface area contributed by atoms with Gasteiger partial charge in [0.1, 0.15) is 17.9 Å². The molecule has 0 aromatic heterocycles. The van der Waals surface area contributed by atoms with E-state index in [0.717, 1.165) is 18.4 Å². The Morgan fingerprint density at radius 2 is 2.00 bits per heavy atom. The molecule has 1 aromatic carbocycles. The highest BCUT2D eigenvalue weighted by atomic mass is 16.5. The largest absolute Gasteiger partial charge is 0.508 e. The monoisotopic (exact) mass is 293 g/mol.